The number of phenolic OH excluding ortho intramolecular Hbond substituents is 2. The Labute approximate surface area is 183 Å². The SMILES string of the molecule is O=C(C1=C2Sc3ccccc3N2C[C@H](C(=O)c2ccccc2O)C1)c1ccccc1O. The van der Waals surface area contributed by atoms with Crippen molar-refractivity contribution in [1.29, 1.82) is 0 Å². The summed E-state index contributed by atoms with van der Waals surface area (Å²) in [4.78, 5) is 29.8. The van der Waals surface area contributed by atoms with E-state index >= 15 is 0 Å². The number of fused-ring (bicyclic) bond motifs is 3. The van der Waals surface area contributed by atoms with Gasteiger partial charge in [0.2, 0.25) is 0 Å². The number of carbonyl (C=O) groups excluding carboxylic acids is 2. The topological polar surface area (TPSA) is 77.8 Å². The Kier molecular flexibility index (Phi) is 4.79. The first-order chi connectivity index (χ1) is 15.0. The third-order valence-electron chi connectivity index (χ3n) is 5.68. The molecule has 0 bridgehead atoms. The van der Waals surface area contributed by atoms with E-state index in [1.54, 1.807) is 36.4 Å². The zero-order valence-corrected chi connectivity index (χ0v) is 17.3. The summed E-state index contributed by atoms with van der Waals surface area (Å²) in [5, 5.41) is 21.2. The minimum Gasteiger partial charge on any atom is -0.507 e. The average molecular weight is 429 g/mol. The molecule has 1 atom stereocenters. The summed E-state index contributed by atoms with van der Waals surface area (Å²) < 4.78 is 0. The zero-order chi connectivity index (χ0) is 21.5. The standard InChI is InChI=1S/C25H19NO4S/c27-20-10-4-1-7-16(20)23(29)15-13-18(24(30)17-8-2-5-11-21(17)28)25-26(14-15)19-9-3-6-12-22(19)31-25/h1-12,15,27-28H,13-14H2/t15-/m1/s1. The molecule has 0 fully saturated rings. The second-order valence-corrected chi connectivity index (χ2v) is 8.62. The van der Waals surface area contributed by atoms with E-state index in [0.717, 1.165) is 15.6 Å². The highest BCUT2D eigenvalue weighted by molar-refractivity contribution is 8.03. The van der Waals surface area contributed by atoms with Crippen LogP contribution in [0.25, 0.3) is 0 Å². The second-order valence-electron chi connectivity index (χ2n) is 7.59. The number of phenols is 2. The van der Waals surface area contributed by atoms with Crippen LogP contribution in [0.15, 0.2) is 88.3 Å². The van der Waals surface area contributed by atoms with Gasteiger partial charge in [0.25, 0.3) is 0 Å². The van der Waals surface area contributed by atoms with Crippen molar-refractivity contribution in [1.82, 2.24) is 0 Å². The maximum absolute atomic E-state index is 13.5. The van der Waals surface area contributed by atoms with Gasteiger partial charge in [-0.15, -0.1) is 0 Å². The lowest BCUT2D eigenvalue weighted by Gasteiger charge is -2.33. The number of hydrogen-bond donors (Lipinski definition) is 2. The van der Waals surface area contributed by atoms with Gasteiger partial charge in [0.15, 0.2) is 11.6 Å². The fourth-order valence-electron chi connectivity index (χ4n) is 4.16. The molecule has 0 radical (unpaired) electrons. The molecule has 31 heavy (non-hydrogen) atoms. The van der Waals surface area contributed by atoms with Crippen molar-refractivity contribution in [3.8, 4) is 11.5 Å². The van der Waals surface area contributed by atoms with Crippen LogP contribution in [0.5, 0.6) is 11.5 Å². The average Bonchev–Trinajstić information content (AvgIpc) is 3.17. The number of Topliss-reactive ketones (excluding diaryl/α,β-unsaturated/α-hetero) is 2. The summed E-state index contributed by atoms with van der Waals surface area (Å²) >= 11 is 1.51. The van der Waals surface area contributed by atoms with Gasteiger partial charge in [0, 0.05) is 22.9 Å². The Morgan fingerprint density at radius 3 is 2.16 bits per heavy atom. The highest BCUT2D eigenvalue weighted by atomic mass is 32.2. The van der Waals surface area contributed by atoms with Crippen LogP contribution in [0, 0.1) is 5.92 Å². The largest absolute Gasteiger partial charge is 0.507 e. The minimum atomic E-state index is -0.506. The number of ketones is 2. The summed E-state index contributed by atoms with van der Waals surface area (Å²) in [5.41, 5.74) is 1.94. The maximum atomic E-state index is 13.5. The highest BCUT2D eigenvalue weighted by Crippen LogP contribution is 2.51. The molecule has 6 heteroatoms. The molecule has 0 saturated heterocycles. The lowest BCUT2D eigenvalue weighted by atomic mass is 9.85. The van der Waals surface area contributed by atoms with E-state index in [4.69, 9.17) is 0 Å². The fraction of sp³-hybridized carbons (Fsp3) is 0.120. The molecule has 0 spiro atoms. The number of rotatable bonds is 4. The Balaban J connectivity index is 1.60. The first-order valence-electron chi connectivity index (χ1n) is 9.97. The van der Waals surface area contributed by atoms with Crippen molar-refractivity contribution in [2.45, 2.75) is 11.3 Å². The number of anilines is 1. The molecule has 5 rings (SSSR count). The maximum Gasteiger partial charge on any atom is 0.195 e. The molecule has 0 amide bonds. The first kappa shape index (κ1) is 19.5. The lowest BCUT2D eigenvalue weighted by molar-refractivity contribution is 0.0912. The van der Waals surface area contributed by atoms with Gasteiger partial charge in [-0.3, -0.25) is 9.59 Å². The van der Waals surface area contributed by atoms with Crippen LogP contribution in [0.3, 0.4) is 0 Å². The van der Waals surface area contributed by atoms with Gasteiger partial charge >= 0.3 is 0 Å². The molecule has 2 N–H and O–H groups in total. The van der Waals surface area contributed by atoms with Crippen LogP contribution < -0.4 is 4.90 Å². The second kappa shape index (κ2) is 7.63. The molecule has 0 saturated carbocycles. The fourth-order valence-corrected chi connectivity index (χ4v) is 5.38. The van der Waals surface area contributed by atoms with Crippen molar-refractivity contribution in [3.63, 3.8) is 0 Å². The Bertz CT molecular complexity index is 1250. The van der Waals surface area contributed by atoms with Gasteiger partial charge in [-0.2, -0.15) is 0 Å². The van der Waals surface area contributed by atoms with Crippen molar-refractivity contribution >= 4 is 29.0 Å². The molecule has 0 unspecified atom stereocenters. The van der Waals surface area contributed by atoms with Crippen LogP contribution >= 0.6 is 11.8 Å². The Hall–Kier alpha value is -3.51. The van der Waals surface area contributed by atoms with Crippen LogP contribution in [-0.2, 0) is 0 Å². The van der Waals surface area contributed by atoms with Gasteiger partial charge < -0.3 is 15.1 Å². The Morgan fingerprint density at radius 1 is 0.839 bits per heavy atom. The summed E-state index contributed by atoms with van der Waals surface area (Å²) in [6.07, 6.45) is 0.243. The quantitative estimate of drug-likeness (QED) is 0.568. The number of allylic oxidation sites excluding steroid dienone is 1. The number of aromatic hydroxyl groups is 2. The summed E-state index contributed by atoms with van der Waals surface area (Å²) in [7, 11) is 0. The summed E-state index contributed by atoms with van der Waals surface area (Å²) in [5.74, 6) is -1.13. The van der Waals surface area contributed by atoms with Crippen molar-refractivity contribution in [3.05, 3.63) is 94.5 Å². The van der Waals surface area contributed by atoms with Crippen molar-refractivity contribution in [2.24, 2.45) is 5.92 Å². The number of nitrogens with zero attached hydrogens (tertiary/aromatic N) is 1. The molecule has 2 aliphatic heterocycles. The van der Waals surface area contributed by atoms with Gasteiger partial charge in [-0.1, -0.05) is 48.2 Å². The van der Waals surface area contributed by atoms with Crippen molar-refractivity contribution in [2.75, 3.05) is 11.4 Å². The minimum absolute atomic E-state index is 0.0629. The lowest BCUT2D eigenvalue weighted by Crippen LogP contribution is -2.37. The molecular weight excluding hydrogens is 410 g/mol. The van der Waals surface area contributed by atoms with E-state index in [0.29, 0.717) is 12.1 Å². The number of para-hydroxylation sites is 3. The molecule has 154 valence electrons. The van der Waals surface area contributed by atoms with Gasteiger partial charge in [-0.05, 0) is 42.8 Å². The summed E-state index contributed by atoms with van der Waals surface area (Å²) in [6, 6.07) is 20.8. The van der Waals surface area contributed by atoms with Gasteiger partial charge in [0.1, 0.15) is 11.5 Å². The predicted molar refractivity (Wildman–Crippen MR) is 120 cm³/mol. The molecule has 2 heterocycles. The number of carbonyl (C=O) groups is 2. The molecule has 3 aromatic rings. The molecule has 2 aliphatic rings. The van der Waals surface area contributed by atoms with Crippen LogP contribution in [-0.4, -0.2) is 28.3 Å². The van der Waals surface area contributed by atoms with E-state index in [2.05, 4.69) is 0 Å². The first-order valence-corrected chi connectivity index (χ1v) is 10.8. The molecular formula is C25H19NO4S. The van der Waals surface area contributed by atoms with E-state index in [1.165, 1.54) is 23.9 Å². The number of benzene rings is 3. The van der Waals surface area contributed by atoms with Crippen LogP contribution in [0.4, 0.5) is 5.69 Å². The smallest absolute Gasteiger partial charge is 0.195 e. The Morgan fingerprint density at radius 2 is 1.45 bits per heavy atom. The van der Waals surface area contributed by atoms with E-state index < -0.39 is 5.92 Å². The van der Waals surface area contributed by atoms with Crippen LogP contribution in [0.1, 0.15) is 27.1 Å². The summed E-state index contributed by atoms with van der Waals surface area (Å²) in [6.45, 7) is 0.421. The molecule has 3 aromatic carbocycles. The molecule has 0 aromatic heterocycles. The molecule has 0 aliphatic carbocycles. The predicted octanol–water partition coefficient (Wildman–Crippen LogP) is 5.01. The van der Waals surface area contributed by atoms with E-state index in [-0.39, 0.29) is 40.6 Å². The van der Waals surface area contributed by atoms with E-state index in [1.807, 2.05) is 29.2 Å². The molecule has 5 nitrogen and oxygen atoms in total. The van der Waals surface area contributed by atoms with Crippen LogP contribution in [0.2, 0.25) is 0 Å². The normalized spacial score (nSPS) is 17.3. The van der Waals surface area contributed by atoms with Gasteiger partial charge in [0.05, 0.1) is 21.8 Å². The van der Waals surface area contributed by atoms with E-state index in [9.17, 15) is 19.8 Å². The third-order valence-corrected chi connectivity index (χ3v) is 6.91. The van der Waals surface area contributed by atoms with Crippen molar-refractivity contribution < 1.29 is 19.8 Å². The van der Waals surface area contributed by atoms with Gasteiger partial charge in [-0.25, -0.2) is 0 Å². The third kappa shape index (κ3) is 3.29. The number of hydrogen-bond acceptors (Lipinski definition) is 6. The number of thioether (sulfide) groups is 1. The zero-order valence-electron chi connectivity index (χ0n) is 16.5. The highest BCUT2D eigenvalue weighted by Gasteiger charge is 2.40. The monoisotopic (exact) mass is 429 g/mol.